The number of anilines is 1. The molecule has 24 heavy (non-hydrogen) atoms. The van der Waals surface area contributed by atoms with Crippen LogP contribution in [0.4, 0.5) is 10.1 Å². The minimum absolute atomic E-state index is 0.182. The lowest BCUT2D eigenvalue weighted by molar-refractivity contribution is -0.117. The molecular formula is C19H20FNO3. The number of amides is 1. The van der Waals surface area contributed by atoms with E-state index in [1.54, 1.807) is 17.0 Å². The van der Waals surface area contributed by atoms with Gasteiger partial charge in [-0.25, -0.2) is 4.39 Å². The molecule has 0 N–H and O–H groups in total. The number of carbonyl (C=O) groups excluding carboxylic acids is 1. The number of carbonyl (C=O) groups is 1. The highest BCUT2D eigenvalue weighted by Crippen LogP contribution is 2.23. The summed E-state index contributed by atoms with van der Waals surface area (Å²) in [5.41, 5.74) is 0.921. The van der Waals surface area contributed by atoms with E-state index in [0.717, 1.165) is 30.8 Å². The number of benzene rings is 2. The second-order valence-corrected chi connectivity index (χ2v) is 5.65. The molecule has 1 heterocycles. The number of nitrogens with zero attached hydrogens (tertiary/aromatic N) is 1. The van der Waals surface area contributed by atoms with Gasteiger partial charge in [-0.15, -0.1) is 0 Å². The Bertz CT molecular complexity index is 670. The van der Waals surface area contributed by atoms with Gasteiger partial charge in [0.15, 0.2) is 0 Å². The highest BCUT2D eigenvalue weighted by Gasteiger charge is 2.21. The Kier molecular flexibility index (Phi) is 5.31. The Labute approximate surface area is 140 Å². The van der Waals surface area contributed by atoms with Gasteiger partial charge in [0.25, 0.3) is 0 Å². The fourth-order valence-electron chi connectivity index (χ4n) is 2.61. The molecule has 2 aromatic carbocycles. The Morgan fingerprint density at radius 1 is 0.917 bits per heavy atom. The lowest BCUT2D eigenvalue weighted by atomic mass is 10.3. The summed E-state index contributed by atoms with van der Waals surface area (Å²) in [6.07, 6.45) is 2.28. The average molecular weight is 329 g/mol. The summed E-state index contributed by atoms with van der Waals surface area (Å²) in [7, 11) is 0. The van der Waals surface area contributed by atoms with Gasteiger partial charge in [0.1, 0.15) is 17.3 Å². The molecule has 0 atom stereocenters. The second kappa shape index (κ2) is 7.81. The topological polar surface area (TPSA) is 38.8 Å². The molecule has 5 heteroatoms. The molecule has 1 aliphatic rings. The molecule has 4 nitrogen and oxygen atoms in total. The molecule has 0 aliphatic carbocycles. The molecule has 1 amide bonds. The van der Waals surface area contributed by atoms with Crippen LogP contribution in [-0.4, -0.2) is 25.7 Å². The highest BCUT2D eigenvalue weighted by molar-refractivity contribution is 5.95. The zero-order valence-corrected chi connectivity index (χ0v) is 13.4. The van der Waals surface area contributed by atoms with Crippen molar-refractivity contribution in [1.29, 1.82) is 0 Å². The molecule has 1 aliphatic heterocycles. The molecule has 2 aromatic rings. The largest absolute Gasteiger partial charge is 0.493 e. The van der Waals surface area contributed by atoms with E-state index in [9.17, 15) is 9.18 Å². The number of hydrogen-bond acceptors (Lipinski definition) is 3. The third-order valence-corrected chi connectivity index (χ3v) is 3.86. The Balaban J connectivity index is 1.39. The molecule has 0 saturated carbocycles. The van der Waals surface area contributed by atoms with Crippen LogP contribution < -0.4 is 14.4 Å². The van der Waals surface area contributed by atoms with Crippen LogP contribution >= 0.6 is 0 Å². The monoisotopic (exact) mass is 329 g/mol. The SMILES string of the molecule is O=C1CCCN1c1ccc(OCCCOc2ccc(F)cc2)cc1. The van der Waals surface area contributed by atoms with E-state index in [0.29, 0.717) is 25.4 Å². The van der Waals surface area contributed by atoms with E-state index in [-0.39, 0.29) is 11.7 Å². The quantitative estimate of drug-likeness (QED) is 0.725. The first-order valence-corrected chi connectivity index (χ1v) is 8.14. The second-order valence-electron chi connectivity index (χ2n) is 5.65. The van der Waals surface area contributed by atoms with Gasteiger partial charge in [-0.2, -0.15) is 0 Å². The summed E-state index contributed by atoms with van der Waals surface area (Å²) in [5, 5.41) is 0. The average Bonchev–Trinajstić information content (AvgIpc) is 3.03. The van der Waals surface area contributed by atoms with Gasteiger partial charge >= 0.3 is 0 Å². The van der Waals surface area contributed by atoms with Crippen LogP contribution in [0.1, 0.15) is 19.3 Å². The number of ether oxygens (including phenoxy) is 2. The fraction of sp³-hybridized carbons (Fsp3) is 0.316. The van der Waals surface area contributed by atoms with Crippen molar-refractivity contribution in [3.05, 3.63) is 54.3 Å². The summed E-state index contributed by atoms with van der Waals surface area (Å²) < 4.78 is 23.9. The van der Waals surface area contributed by atoms with E-state index in [4.69, 9.17) is 9.47 Å². The Morgan fingerprint density at radius 2 is 1.50 bits per heavy atom. The van der Waals surface area contributed by atoms with Crippen molar-refractivity contribution < 1.29 is 18.7 Å². The summed E-state index contributed by atoms with van der Waals surface area (Å²) >= 11 is 0. The van der Waals surface area contributed by atoms with Gasteiger partial charge in [-0.1, -0.05) is 0 Å². The van der Waals surface area contributed by atoms with Crippen molar-refractivity contribution in [2.24, 2.45) is 0 Å². The van der Waals surface area contributed by atoms with Crippen LogP contribution in [-0.2, 0) is 4.79 Å². The summed E-state index contributed by atoms with van der Waals surface area (Å²) in [6, 6.07) is 13.5. The first-order chi connectivity index (χ1) is 11.7. The van der Waals surface area contributed by atoms with Crippen molar-refractivity contribution in [1.82, 2.24) is 0 Å². The van der Waals surface area contributed by atoms with Crippen molar-refractivity contribution in [3.8, 4) is 11.5 Å². The zero-order valence-electron chi connectivity index (χ0n) is 13.4. The maximum atomic E-state index is 12.8. The van der Waals surface area contributed by atoms with Gasteiger partial charge in [-0.3, -0.25) is 4.79 Å². The first-order valence-electron chi connectivity index (χ1n) is 8.14. The summed E-state index contributed by atoms with van der Waals surface area (Å²) in [4.78, 5) is 13.5. The molecule has 3 rings (SSSR count). The molecule has 0 radical (unpaired) electrons. The van der Waals surface area contributed by atoms with E-state index < -0.39 is 0 Å². The van der Waals surface area contributed by atoms with E-state index in [1.165, 1.54) is 12.1 Å². The third kappa shape index (κ3) is 4.25. The van der Waals surface area contributed by atoms with Gasteiger partial charge in [0.05, 0.1) is 13.2 Å². The van der Waals surface area contributed by atoms with Gasteiger partial charge in [0, 0.05) is 25.1 Å². The Hall–Kier alpha value is -2.56. The highest BCUT2D eigenvalue weighted by atomic mass is 19.1. The van der Waals surface area contributed by atoms with Crippen LogP contribution in [0.2, 0.25) is 0 Å². The molecule has 0 spiro atoms. The summed E-state index contributed by atoms with van der Waals surface area (Å²) in [6.45, 7) is 1.83. The van der Waals surface area contributed by atoms with Crippen LogP contribution in [0.5, 0.6) is 11.5 Å². The van der Waals surface area contributed by atoms with Crippen LogP contribution in [0.25, 0.3) is 0 Å². The molecule has 1 fully saturated rings. The molecule has 0 aromatic heterocycles. The minimum atomic E-state index is -0.273. The maximum Gasteiger partial charge on any atom is 0.227 e. The molecule has 126 valence electrons. The predicted molar refractivity (Wildman–Crippen MR) is 90.0 cm³/mol. The molecule has 0 bridgehead atoms. The normalized spacial score (nSPS) is 14.0. The van der Waals surface area contributed by atoms with Crippen LogP contribution in [0.3, 0.4) is 0 Å². The number of rotatable bonds is 7. The number of hydrogen-bond donors (Lipinski definition) is 0. The summed E-state index contributed by atoms with van der Waals surface area (Å²) in [5.74, 6) is 1.33. The van der Waals surface area contributed by atoms with Crippen molar-refractivity contribution >= 4 is 11.6 Å². The van der Waals surface area contributed by atoms with Crippen LogP contribution in [0.15, 0.2) is 48.5 Å². The van der Waals surface area contributed by atoms with Crippen molar-refractivity contribution in [2.75, 3.05) is 24.7 Å². The molecular weight excluding hydrogens is 309 g/mol. The smallest absolute Gasteiger partial charge is 0.227 e. The molecule has 1 saturated heterocycles. The van der Waals surface area contributed by atoms with Crippen LogP contribution in [0, 0.1) is 5.82 Å². The third-order valence-electron chi connectivity index (χ3n) is 3.86. The van der Waals surface area contributed by atoms with E-state index in [2.05, 4.69) is 0 Å². The van der Waals surface area contributed by atoms with Gasteiger partial charge in [-0.05, 0) is 55.0 Å². The zero-order chi connectivity index (χ0) is 16.8. The van der Waals surface area contributed by atoms with E-state index in [1.807, 2.05) is 24.3 Å². The standard InChI is InChI=1S/C19H20FNO3/c20-15-4-8-17(9-5-15)23-13-2-14-24-18-10-6-16(7-11-18)21-12-1-3-19(21)22/h4-11H,1-3,12-14H2. The van der Waals surface area contributed by atoms with E-state index >= 15 is 0 Å². The maximum absolute atomic E-state index is 12.8. The van der Waals surface area contributed by atoms with Gasteiger partial charge < -0.3 is 14.4 Å². The minimum Gasteiger partial charge on any atom is -0.493 e. The van der Waals surface area contributed by atoms with Crippen molar-refractivity contribution in [3.63, 3.8) is 0 Å². The lowest BCUT2D eigenvalue weighted by Crippen LogP contribution is -2.23. The first kappa shape index (κ1) is 16.3. The molecule has 0 unspecified atom stereocenters. The van der Waals surface area contributed by atoms with Gasteiger partial charge in [0.2, 0.25) is 5.91 Å². The lowest BCUT2D eigenvalue weighted by Gasteiger charge is -2.16. The number of halogens is 1. The Morgan fingerprint density at radius 3 is 2.04 bits per heavy atom. The fourth-order valence-corrected chi connectivity index (χ4v) is 2.61. The van der Waals surface area contributed by atoms with Crippen molar-refractivity contribution in [2.45, 2.75) is 19.3 Å². The predicted octanol–water partition coefficient (Wildman–Crippen LogP) is 3.80.